The van der Waals surface area contributed by atoms with Crippen molar-refractivity contribution in [1.82, 2.24) is 19.8 Å². The first-order valence-electron chi connectivity index (χ1n) is 9.63. The predicted octanol–water partition coefficient (Wildman–Crippen LogP) is 1.24. The largest absolute Gasteiger partial charge is 0.357 e. The molecule has 1 N–H and O–H groups in total. The van der Waals surface area contributed by atoms with Gasteiger partial charge in [-0.05, 0) is 33.6 Å². The Morgan fingerprint density at radius 1 is 1.35 bits per heavy atom. The zero-order valence-electron chi connectivity index (χ0n) is 16.2. The molecule has 0 aliphatic carbocycles. The van der Waals surface area contributed by atoms with E-state index in [-0.39, 0.29) is 5.75 Å². The highest BCUT2D eigenvalue weighted by atomic mass is 32.2. The average molecular weight is 382 g/mol. The number of rotatable bonds is 4. The molecule has 0 spiro atoms. The molecule has 0 amide bonds. The smallest absolute Gasteiger partial charge is 0.194 e. The van der Waals surface area contributed by atoms with Crippen LogP contribution in [0, 0.1) is 0 Å². The monoisotopic (exact) mass is 381 g/mol. The Kier molecular flexibility index (Phi) is 5.60. The van der Waals surface area contributed by atoms with Crippen LogP contribution >= 0.6 is 0 Å². The summed E-state index contributed by atoms with van der Waals surface area (Å²) in [6.45, 7) is 9.10. The number of hydrogen-bond acceptors (Lipinski definition) is 4. The van der Waals surface area contributed by atoms with Crippen LogP contribution in [0.1, 0.15) is 45.1 Å². The Morgan fingerprint density at radius 2 is 2.15 bits per heavy atom. The number of fused-ring (bicyclic) bond motifs is 1. The molecule has 1 aromatic rings. The molecular weight excluding hydrogens is 350 g/mol. The van der Waals surface area contributed by atoms with Gasteiger partial charge < -0.3 is 14.8 Å². The maximum absolute atomic E-state index is 12.2. The molecule has 3 rings (SSSR count). The van der Waals surface area contributed by atoms with Gasteiger partial charge in [0.25, 0.3) is 0 Å². The minimum absolute atomic E-state index is 0.179. The molecule has 1 aromatic heterocycles. The summed E-state index contributed by atoms with van der Waals surface area (Å²) in [6, 6.07) is 0. The predicted molar refractivity (Wildman–Crippen MR) is 104 cm³/mol. The van der Waals surface area contributed by atoms with E-state index in [0.29, 0.717) is 19.6 Å². The number of aryl methyl sites for hydroxylation is 2. The topological polar surface area (TPSA) is 79.6 Å². The van der Waals surface area contributed by atoms with Gasteiger partial charge in [0.2, 0.25) is 0 Å². The molecule has 0 radical (unpaired) electrons. The van der Waals surface area contributed by atoms with Gasteiger partial charge in [-0.15, -0.1) is 0 Å². The number of aromatic nitrogens is 2. The summed E-state index contributed by atoms with van der Waals surface area (Å²) in [6.07, 6.45) is 6.51. The van der Waals surface area contributed by atoms with E-state index in [4.69, 9.17) is 9.98 Å². The lowest BCUT2D eigenvalue weighted by molar-refractivity contribution is 0.353. The molecule has 2 aliphatic rings. The second-order valence-electron chi connectivity index (χ2n) is 7.78. The van der Waals surface area contributed by atoms with Gasteiger partial charge in [0.15, 0.2) is 15.8 Å². The summed E-state index contributed by atoms with van der Waals surface area (Å²) in [5.41, 5.74) is 1.10. The minimum atomic E-state index is -3.05. The van der Waals surface area contributed by atoms with Crippen LogP contribution in [-0.2, 0) is 29.2 Å². The molecule has 2 aliphatic heterocycles. The van der Waals surface area contributed by atoms with E-state index < -0.39 is 14.6 Å². The van der Waals surface area contributed by atoms with Gasteiger partial charge in [-0.2, -0.15) is 0 Å². The summed E-state index contributed by atoms with van der Waals surface area (Å²) < 4.78 is 26.0. The molecule has 0 bridgehead atoms. The Balaban J connectivity index is 1.65. The van der Waals surface area contributed by atoms with Crippen LogP contribution in [-0.4, -0.2) is 65.5 Å². The first-order valence-corrected chi connectivity index (χ1v) is 11.3. The molecule has 26 heavy (non-hydrogen) atoms. The summed E-state index contributed by atoms with van der Waals surface area (Å²) >= 11 is 0. The van der Waals surface area contributed by atoms with Crippen molar-refractivity contribution in [3.8, 4) is 0 Å². The quantitative estimate of drug-likeness (QED) is 0.627. The third-order valence-electron chi connectivity index (χ3n) is 5.27. The third-order valence-corrected chi connectivity index (χ3v) is 7.80. The Hall–Kier alpha value is -1.57. The van der Waals surface area contributed by atoms with Gasteiger partial charge in [0.1, 0.15) is 5.82 Å². The average Bonchev–Trinajstić information content (AvgIpc) is 2.99. The number of nitrogens with one attached hydrogen (secondary N) is 1. The van der Waals surface area contributed by atoms with E-state index in [1.54, 1.807) is 13.8 Å². The van der Waals surface area contributed by atoms with Crippen molar-refractivity contribution in [2.24, 2.45) is 4.99 Å². The molecule has 1 fully saturated rings. The Bertz CT molecular complexity index is 743. The van der Waals surface area contributed by atoms with E-state index >= 15 is 0 Å². The van der Waals surface area contributed by atoms with Gasteiger partial charge >= 0.3 is 0 Å². The van der Waals surface area contributed by atoms with Crippen molar-refractivity contribution < 1.29 is 8.42 Å². The lowest BCUT2D eigenvalue weighted by Crippen LogP contribution is -2.57. The van der Waals surface area contributed by atoms with E-state index in [1.807, 2.05) is 6.92 Å². The molecule has 7 nitrogen and oxygen atoms in total. The van der Waals surface area contributed by atoms with Gasteiger partial charge in [-0.3, -0.25) is 4.99 Å². The fourth-order valence-electron chi connectivity index (χ4n) is 3.62. The SMILES string of the molecule is CCNC(=NCCc1cn2c(n1)CCCC2)N1CCS(=O)(=O)C(C)(C)C1. The number of hydrogen-bond donors (Lipinski definition) is 1. The molecule has 0 aromatic carbocycles. The minimum Gasteiger partial charge on any atom is -0.357 e. The van der Waals surface area contributed by atoms with Crippen molar-refractivity contribution in [3.05, 3.63) is 17.7 Å². The van der Waals surface area contributed by atoms with Crippen LogP contribution in [0.3, 0.4) is 0 Å². The third kappa shape index (κ3) is 4.05. The van der Waals surface area contributed by atoms with Crippen LogP contribution < -0.4 is 5.32 Å². The number of sulfone groups is 1. The van der Waals surface area contributed by atoms with E-state index in [0.717, 1.165) is 37.6 Å². The van der Waals surface area contributed by atoms with Crippen molar-refractivity contribution >= 4 is 15.8 Å². The normalized spacial score (nSPS) is 22.1. The van der Waals surface area contributed by atoms with Gasteiger partial charge in [0, 0.05) is 51.8 Å². The number of nitrogens with zero attached hydrogens (tertiary/aromatic N) is 4. The van der Waals surface area contributed by atoms with Crippen molar-refractivity contribution in [2.45, 2.75) is 57.7 Å². The zero-order valence-corrected chi connectivity index (χ0v) is 17.0. The van der Waals surface area contributed by atoms with Crippen LogP contribution in [0.25, 0.3) is 0 Å². The summed E-state index contributed by atoms with van der Waals surface area (Å²) in [4.78, 5) is 11.5. The fraction of sp³-hybridized carbons (Fsp3) is 0.778. The molecule has 3 heterocycles. The molecule has 0 saturated carbocycles. The Labute approximate surface area is 156 Å². The van der Waals surface area contributed by atoms with Crippen molar-refractivity contribution in [2.75, 3.05) is 31.9 Å². The highest BCUT2D eigenvalue weighted by Crippen LogP contribution is 2.23. The molecule has 8 heteroatoms. The van der Waals surface area contributed by atoms with Gasteiger partial charge in [-0.25, -0.2) is 13.4 Å². The summed E-state index contributed by atoms with van der Waals surface area (Å²) in [5, 5.41) is 3.31. The first kappa shape index (κ1) is 19.2. The maximum atomic E-state index is 12.2. The maximum Gasteiger partial charge on any atom is 0.194 e. The molecule has 146 valence electrons. The fourth-order valence-corrected chi connectivity index (χ4v) is 4.98. The Morgan fingerprint density at radius 3 is 2.85 bits per heavy atom. The molecule has 0 atom stereocenters. The van der Waals surface area contributed by atoms with Crippen LogP contribution in [0.15, 0.2) is 11.2 Å². The molecular formula is C18H31N5O2S. The standard InChI is InChI=1S/C18H31N5O2S/c1-4-19-17(23-11-12-26(24,25)18(2,3)14-23)20-9-8-15-13-22-10-6-5-7-16(22)21-15/h13H,4-12,14H2,1-3H3,(H,19,20). The van der Waals surface area contributed by atoms with E-state index in [1.165, 1.54) is 18.7 Å². The van der Waals surface area contributed by atoms with E-state index in [9.17, 15) is 8.42 Å². The van der Waals surface area contributed by atoms with Crippen LogP contribution in [0.2, 0.25) is 0 Å². The van der Waals surface area contributed by atoms with Crippen LogP contribution in [0.5, 0.6) is 0 Å². The lowest BCUT2D eigenvalue weighted by atomic mass is 10.2. The van der Waals surface area contributed by atoms with Gasteiger partial charge in [0.05, 0.1) is 16.2 Å². The number of aliphatic imine (C=N–C) groups is 1. The summed E-state index contributed by atoms with van der Waals surface area (Å²) in [5.74, 6) is 2.18. The second-order valence-corrected chi connectivity index (χ2v) is 10.5. The number of imidazole rings is 1. The first-order chi connectivity index (χ1) is 12.3. The molecule has 1 saturated heterocycles. The van der Waals surface area contributed by atoms with Gasteiger partial charge in [-0.1, -0.05) is 0 Å². The number of guanidine groups is 1. The summed E-state index contributed by atoms with van der Waals surface area (Å²) in [7, 11) is -3.05. The van der Waals surface area contributed by atoms with Crippen molar-refractivity contribution in [3.63, 3.8) is 0 Å². The highest BCUT2D eigenvalue weighted by molar-refractivity contribution is 7.92. The lowest BCUT2D eigenvalue weighted by Gasteiger charge is -2.39. The zero-order chi connectivity index (χ0) is 18.8. The highest BCUT2D eigenvalue weighted by Gasteiger charge is 2.40. The van der Waals surface area contributed by atoms with E-state index in [2.05, 4.69) is 21.0 Å². The molecule has 0 unspecified atom stereocenters. The van der Waals surface area contributed by atoms with Crippen LogP contribution in [0.4, 0.5) is 0 Å². The van der Waals surface area contributed by atoms with Crippen molar-refractivity contribution in [1.29, 1.82) is 0 Å². The second kappa shape index (κ2) is 7.58.